The fourth-order valence-corrected chi connectivity index (χ4v) is 6.25. The van der Waals surface area contributed by atoms with E-state index in [1.54, 1.807) is 0 Å². The number of sulfonamides is 1. The van der Waals surface area contributed by atoms with Crippen LogP contribution in [0.3, 0.4) is 0 Å². The van der Waals surface area contributed by atoms with Crippen LogP contribution >= 0.6 is 11.8 Å². The van der Waals surface area contributed by atoms with Gasteiger partial charge in [-0.1, -0.05) is 43.8 Å². The Morgan fingerprint density at radius 2 is 1.84 bits per heavy atom. The summed E-state index contributed by atoms with van der Waals surface area (Å²) in [7, 11) is -1.21. The summed E-state index contributed by atoms with van der Waals surface area (Å²) in [6.45, 7) is 3.73. The zero-order chi connectivity index (χ0) is 23.0. The lowest BCUT2D eigenvalue weighted by molar-refractivity contribution is 0.0885. The average Bonchev–Trinajstić information content (AvgIpc) is 3.32. The molecular formula is C20H21N5O5S2. The van der Waals surface area contributed by atoms with E-state index < -0.39 is 15.9 Å². The van der Waals surface area contributed by atoms with Crippen LogP contribution in [-0.4, -0.2) is 58.9 Å². The van der Waals surface area contributed by atoms with Crippen LogP contribution in [-0.2, 0) is 10.0 Å². The summed E-state index contributed by atoms with van der Waals surface area (Å²) in [5.74, 6) is -0.367. The molecule has 168 valence electrons. The molecule has 2 heterocycles. The number of thioether (sulfide) groups is 1. The van der Waals surface area contributed by atoms with Gasteiger partial charge in [0.05, 0.1) is 31.3 Å². The first-order chi connectivity index (χ1) is 15.3. The van der Waals surface area contributed by atoms with Crippen molar-refractivity contribution in [3.05, 3.63) is 47.5 Å². The normalized spacial score (nSPS) is 14.7. The Balaban J connectivity index is 1.71. The maximum absolute atomic E-state index is 13.3. The van der Waals surface area contributed by atoms with Crippen LogP contribution in [0.1, 0.15) is 35.7 Å². The van der Waals surface area contributed by atoms with Crippen molar-refractivity contribution >= 4 is 27.7 Å². The van der Waals surface area contributed by atoms with Crippen molar-refractivity contribution in [3.63, 3.8) is 0 Å². The molecule has 0 N–H and O–H groups in total. The number of hydrogen-bond donors (Lipinski definition) is 0. The molecule has 1 amide bonds. The average molecular weight is 476 g/mol. The van der Waals surface area contributed by atoms with Gasteiger partial charge in [0.2, 0.25) is 5.16 Å². The van der Waals surface area contributed by atoms with Gasteiger partial charge in [0.1, 0.15) is 4.90 Å². The summed E-state index contributed by atoms with van der Waals surface area (Å²) in [5.41, 5.74) is 1.33. The van der Waals surface area contributed by atoms with E-state index in [9.17, 15) is 13.2 Å². The molecule has 3 aromatic rings. The molecule has 1 aliphatic heterocycles. The van der Waals surface area contributed by atoms with Crippen LogP contribution in [0.25, 0.3) is 5.69 Å². The van der Waals surface area contributed by atoms with Crippen LogP contribution in [0.5, 0.6) is 11.5 Å². The van der Waals surface area contributed by atoms with Crippen molar-refractivity contribution in [2.24, 2.45) is 0 Å². The minimum Gasteiger partial charge on any atom is -0.493 e. The lowest BCUT2D eigenvalue weighted by atomic mass is 9.95. The van der Waals surface area contributed by atoms with Crippen molar-refractivity contribution < 1.29 is 22.7 Å². The number of ether oxygens (including phenoxy) is 2. The fraction of sp³-hybridized carbons (Fsp3) is 0.300. The van der Waals surface area contributed by atoms with Gasteiger partial charge in [0.25, 0.3) is 15.9 Å². The predicted octanol–water partition coefficient (Wildman–Crippen LogP) is 2.70. The Hall–Kier alpha value is -3.12. The molecule has 2 aromatic carbocycles. The number of benzene rings is 2. The second kappa shape index (κ2) is 8.43. The molecule has 0 radical (unpaired) electrons. The van der Waals surface area contributed by atoms with Gasteiger partial charge in [0.15, 0.2) is 11.5 Å². The monoisotopic (exact) mass is 475 g/mol. The number of tetrazole rings is 1. The highest BCUT2D eigenvalue weighted by atomic mass is 32.2. The van der Waals surface area contributed by atoms with Crippen LogP contribution in [0.4, 0.5) is 0 Å². The molecular weight excluding hydrogens is 454 g/mol. The highest BCUT2D eigenvalue weighted by Gasteiger charge is 2.45. The van der Waals surface area contributed by atoms with E-state index in [4.69, 9.17) is 9.47 Å². The third-order valence-electron chi connectivity index (χ3n) is 5.01. The van der Waals surface area contributed by atoms with Gasteiger partial charge in [-0.05, 0) is 28.5 Å². The highest BCUT2D eigenvalue weighted by molar-refractivity contribution is 8.00. The molecule has 4 rings (SSSR count). The van der Waals surface area contributed by atoms with Gasteiger partial charge in [-0.2, -0.15) is 4.68 Å². The molecule has 0 fully saturated rings. The van der Waals surface area contributed by atoms with Crippen molar-refractivity contribution in [3.8, 4) is 17.2 Å². The smallest absolute Gasteiger partial charge is 0.270 e. The maximum Gasteiger partial charge on any atom is 0.270 e. The summed E-state index contributed by atoms with van der Waals surface area (Å²) in [4.78, 5) is 13.2. The highest BCUT2D eigenvalue weighted by Crippen LogP contribution is 2.46. The predicted molar refractivity (Wildman–Crippen MR) is 117 cm³/mol. The van der Waals surface area contributed by atoms with E-state index in [0.29, 0.717) is 16.5 Å². The molecule has 0 atom stereocenters. The third-order valence-corrected chi connectivity index (χ3v) is 7.83. The summed E-state index contributed by atoms with van der Waals surface area (Å²) in [5, 5.41) is 12.0. The summed E-state index contributed by atoms with van der Waals surface area (Å²) in [6.07, 6.45) is 0. The van der Waals surface area contributed by atoms with Gasteiger partial charge in [-0.25, -0.2) is 12.7 Å². The Morgan fingerprint density at radius 3 is 2.47 bits per heavy atom. The number of carbonyl (C=O) groups is 1. The second-order valence-corrected chi connectivity index (χ2v) is 9.94. The zero-order valence-electron chi connectivity index (χ0n) is 17.8. The number of aromatic nitrogens is 4. The Kier molecular flexibility index (Phi) is 5.82. The van der Waals surface area contributed by atoms with E-state index in [1.165, 1.54) is 25.0 Å². The summed E-state index contributed by atoms with van der Waals surface area (Å²) < 4.78 is 39.7. The van der Waals surface area contributed by atoms with Crippen molar-refractivity contribution in [2.75, 3.05) is 20.1 Å². The molecule has 0 saturated carbocycles. The lowest BCUT2D eigenvalue weighted by Crippen LogP contribution is -2.30. The minimum absolute atomic E-state index is 0.0906. The number of methoxy groups -OCH3 is 2. The summed E-state index contributed by atoms with van der Waals surface area (Å²) >= 11 is 1.05. The van der Waals surface area contributed by atoms with Crippen LogP contribution < -0.4 is 9.47 Å². The lowest BCUT2D eigenvalue weighted by Gasteiger charge is -2.17. The number of hydrogen-bond acceptors (Lipinski definition) is 9. The second-order valence-electron chi connectivity index (χ2n) is 7.19. The molecule has 0 spiro atoms. The maximum atomic E-state index is 13.3. The first-order valence-electron chi connectivity index (χ1n) is 9.63. The number of rotatable bonds is 7. The van der Waals surface area contributed by atoms with Gasteiger partial charge < -0.3 is 9.47 Å². The van der Waals surface area contributed by atoms with Crippen LogP contribution in [0.2, 0.25) is 0 Å². The number of para-hydroxylation sites is 1. The molecule has 1 aliphatic rings. The van der Waals surface area contributed by atoms with E-state index in [2.05, 4.69) is 15.5 Å². The van der Waals surface area contributed by atoms with Gasteiger partial charge >= 0.3 is 0 Å². The third kappa shape index (κ3) is 3.48. The van der Waals surface area contributed by atoms with Crippen LogP contribution in [0.15, 0.2) is 46.5 Å². The van der Waals surface area contributed by atoms with Crippen molar-refractivity contribution in [1.29, 1.82) is 0 Å². The number of fused-ring (bicyclic) bond motifs is 1. The molecule has 12 heteroatoms. The fourth-order valence-electron chi connectivity index (χ4n) is 3.57. The SMILES string of the molecule is COc1cc2c(c(C(C)C)c1OC)C(=O)N(CSc1nnnn1-c1ccccc1)S2(=O)=O. The minimum atomic E-state index is -4.09. The largest absolute Gasteiger partial charge is 0.493 e. The molecule has 0 saturated heterocycles. The van der Waals surface area contributed by atoms with E-state index in [-0.39, 0.29) is 28.0 Å². The Labute approximate surface area is 189 Å². The van der Waals surface area contributed by atoms with E-state index in [1.807, 2.05) is 44.2 Å². The number of nitrogens with zero attached hydrogens (tertiary/aromatic N) is 5. The number of amides is 1. The Morgan fingerprint density at radius 1 is 1.12 bits per heavy atom. The van der Waals surface area contributed by atoms with Gasteiger partial charge in [-0.15, -0.1) is 5.10 Å². The van der Waals surface area contributed by atoms with Gasteiger partial charge in [0, 0.05) is 11.6 Å². The van der Waals surface area contributed by atoms with E-state index >= 15 is 0 Å². The van der Waals surface area contributed by atoms with Crippen molar-refractivity contribution in [1.82, 2.24) is 24.5 Å². The standard InChI is InChI=1S/C20H21N5O5S2/c1-12(2)16-17-15(10-14(29-3)18(16)30-4)32(27,28)24(19(17)26)11-31-20-21-22-23-25(20)13-8-6-5-7-9-13/h5-10,12H,11H2,1-4H3. The molecule has 10 nitrogen and oxygen atoms in total. The molecule has 0 unspecified atom stereocenters. The number of carbonyl (C=O) groups excluding carboxylic acids is 1. The first kappa shape index (κ1) is 22.1. The topological polar surface area (TPSA) is 117 Å². The van der Waals surface area contributed by atoms with E-state index in [0.717, 1.165) is 21.8 Å². The molecule has 0 aliphatic carbocycles. The zero-order valence-corrected chi connectivity index (χ0v) is 19.5. The molecule has 0 bridgehead atoms. The molecule has 1 aromatic heterocycles. The van der Waals surface area contributed by atoms with Gasteiger partial charge in [-0.3, -0.25) is 4.79 Å². The van der Waals surface area contributed by atoms with Crippen LogP contribution in [0, 0.1) is 0 Å². The quantitative estimate of drug-likeness (QED) is 0.475. The Bertz CT molecular complexity index is 1280. The van der Waals surface area contributed by atoms with Crippen molar-refractivity contribution in [2.45, 2.75) is 29.8 Å². The molecule has 32 heavy (non-hydrogen) atoms. The summed E-state index contributed by atoms with van der Waals surface area (Å²) in [6, 6.07) is 10.5. The first-order valence-corrected chi connectivity index (χ1v) is 12.1.